The molecule has 0 aromatic heterocycles. The van der Waals surface area contributed by atoms with Gasteiger partial charge in [-0.15, -0.1) is 0 Å². The molecule has 208 valence electrons. The number of allylic oxidation sites excluding steroid dienone is 2. The van der Waals surface area contributed by atoms with E-state index in [9.17, 15) is 9.18 Å². The fourth-order valence-corrected chi connectivity index (χ4v) is 5.80. The van der Waals surface area contributed by atoms with Gasteiger partial charge in [-0.2, -0.15) is 0 Å². The quantitative estimate of drug-likeness (QED) is 0.368. The molecule has 7 heteroatoms. The first kappa shape index (κ1) is 26.5. The van der Waals surface area contributed by atoms with Crippen molar-refractivity contribution < 1.29 is 24.0 Å². The van der Waals surface area contributed by atoms with Crippen molar-refractivity contribution in [2.45, 2.75) is 50.7 Å². The number of ether oxygens (including phenoxy) is 2. The van der Waals surface area contributed by atoms with Crippen molar-refractivity contribution in [3.8, 4) is 22.6 Å². The standard InChI is InChI=1S/C33H36FN3O3/c34-25-9-6-23(7-10-25)30-19-26(11-13-32(30)40-28-15-17-36-21-28)37-33(38)24-8-12-31(39-27-14-16-35-20-27)29(18-24)22-4-2-1-3-5-22/h4,6-13,18-19,27-28,35-36H,1-3,5,14-17,20-21H2,(H,37,38)/p+1/t27-,28-/m0/s1. The van der Waals surface area contributed by atoms with Crippen LogP contribution in [0.1, 0.15) is 54.4 Å². The molecule has 2 aliphatic heterocycles. The second-order valence-corrected chi connectivity index (χ2v) is 10.9. The summed E-state index contributed by atoms with van der Waals surface area (Å²) in [4.78, 5) is 13.5. The van der Waals surface area contributed by atoms with Crippen LogP contribution in [0.5, 0.6) is 11.5 Å². The molecule has 40 heavy (non-hydrogen) atoms. The van der Waals surface area contributed by atoms with Gasteiger partial charge in [0.05, 0.1) is 6.54 Å². The van der Waals surface area contributed by atoms with Crippen LogP contribution in [0.3, 0.4) is 0 Å². The summed E-state index contributed by atoms with van der Waals surface area (Å²) < 4.78 is 26.4. The van der Waals surface area contributed by atoms with Gasteiger partial charge in [0.2, 0.25) is 0 Å². The Morgan fingerprint density at radius 1 is 0.925 bits per heavy atom. The molecule has 1 aliphatic carbocycles. The second-order valence-electron chi connectivity index (χ2n) is 10.9. The number of hydrogen-bond donors (Lipinski definition) is 3. The van der Waals surface area contributed by atoms with Crippen molar-refractivity contribution in [3.63, 3.8) is 0 Å². The molecule has 0 spiro atoms. The topological polar surface area (TPSA) is 76.2 Å². The van der Waals surface area contributed by atoms with E-state index in [0.29, 0.717) is 11.3 Å². The summed E-state index contributed by atoms with van der Waals surface area (Å²) >= 11 is 0. The molecule has 0 bridgehead atoms. The lowest BCUT2D eigenvalue weighted by Crippen LogP contribution is -2.81. The number of benzene rings is 3. The number of amides is 1. The number of halogens is 1. The summed E-state index contributed by atoms with van der Waals surface area (Å²) in [5.74, 6) is 1.11. The lowest BCUT2D eigenvalue weighted by Gasteiger charge is -2.21. The Balaban J connectivity index is 1.27. The number of carbonyl (C=O) groups is 1. The van der Waals surface area contributed by atoms with Gasteiger partial charge in [-0.3, -0.25) is 4.79 Å². The third kappa shape index (κ3) is 6.21. The van der Waals surface area contributed by atoms with E-state index in [4.69, 9.17) is 9.47 Å². The molecule has 4 N–H and O–H groups in total. The maximum Gasteiger partial charge on any atom is 0.255 e. The Morgan fingerprint density at radius 2 is 1.75 bits per heavy atom. The average Bonchev–Trinajstić information content (AvgIpc) is 3.70. The minimum atomic E-state index is -0.290. The Bertz CT molecular complexity index is 1380. The first-order chi connectivity index (χ1) is 19.6. The van der Waals surface area contributed by atoms with Crippen LogP contribution >= 0.6 is 0 Å². The van der Waals surface area contributed by atoms with Crippen molar-refractivity contribution in [3.05, 3.63) is 83.7 Å². The summed E-state index contributed by atoms with van der Waals surface area (Å²) in [6.45, 7) is 3.77. The van der Waals surface area contributed by atoms with Gasteiger partial charge in [-0.05, 0) is 98.3 Å². The van der Waals surface area contributed by atoms with Gasteiger partial charge in [-0.1, -0.05) is 18.2 Å². The molecule has 0 radical (unpaired) electrons. The molecule has 1 amide bonds. The zero-order chi connectivity index (χ0) is 27.3. The van der Waals surface area contributed by atoms with Crippen LogP contribution in [0.15, 0.2) is 66.7 Å². The number of nitrogens with two attached hydrogens (primary N) is 1. The normalized spacial score (nSPS) is 20.7. The first-order valence-corrected chi connectivity index (χ1v) is 14.5. The van der Waals surface area contributed by atoms with Crippen LogP contribution in [-0.4, -0.2) is 44.3 Å². The Hall–Kier alpha value is -3.68. The van der Waals surface area contributed by atoms with Crippen LogP contribution in [0, 0.1) is 5.82 Å². The number of rotatable bonds is 8. The molecule has 3 aromatic carbocycles. The average molecular weight is 543 g/mol. The van der Waals surface area contributed by atoms with Gasteiger partial charge in [0.15, 0.2) is 6.10 Å². The van der Waals surface area contributed by atoms with Gasteiger partial charge in [0.25, 0.3) is 5.91 Å². The molecule has 2 saturated heterocycles. The molecular weight excluding hydrogens is 505 g/mol. The SMILES string of the molecule is O=C(Nc1ccc(O[C@H]2CC[NH2+]C2)c(-c2ccc(F)cc2)c1)c1ccc(O[C@H]2CCNC2)c(C2=CCCCC2)c1. The molecular formula is C33H37FN3O3+. The van der Waals surface area contributed by atoms with Crippen molar-refractivity contribution in [1.29, 1.82) is 0 Å². The molecule has 6 nitrogen and oxygen atoms in total. The van der Waals surface area contributed by atoms with Gasteiger partial charge >= 0.3 is 0 Å². The number of carbonyl (C=O) groups excluding carboxylic acids is 1. The zero-order valence-electron chi connectivity index (χ0n) is 22.8. The van der Waals surface area contributed by atoms with E-state index >= 15 is 0 Å². The lowest BCUT2D eigenvalue weighted by atomic mass is 9.92. The first-order valence-electron chi connectivity index (χ1n) is 14.5. The Morgan fingerprint density at radius 3 is 2.50 bits per heavy atom. The highest BCUT2D eigenvalue weighted by Crippen LogP contribution is 2.36. The number of anilines is 1. The number of quaternary nitrogens is 1. The van der Waals surface area contributed by atoms with E-state index in [1.807, 2.05) is 36.4 Å². The molecule has 2 atom stereocenters. The fourth-order valence-electron chi connectivity index (χ4n) is 5.80. The van der Waals surface area contributed by atoms with Crippen LogP contribution in [0.2, 0.25) is 0 Å². The monoisotopic (exact) mass is 542 g/mol. The molecule has 3 aromatic rings. The van der Waals surface area contributed by atoms with E-state index in [-0.39, 0.29) is 23.9 Å². The third-order valence-electron chi connectivity index (χ3n) is 8.00. The van der Waals surface area contributed by atoms with Gasteiger partial charge in [0, 0.05) is 35.3 Å². The fraction of sp³-hybridized carbons (Fsp3) is 0.364. The summed E-state index contributed by atoms with van der Waals surface area (Å²) in [6, 6.07) is 17.8. The van der Waals surface area contributed by atoms with Crippen molar-refractivity contribution in [1.82, 2.24) is 5.32 Å². The molecule has 2 fully saturated rings. The second kappa shape index (κ2) is 12.2. The maximum absolute atomic E-state index is 13.7. The van der Waals surface area contributed by atoms with Gasteiger partial charge in [-0.25, -0.2) is 4.39 Å². The van der Waals surface area contributed by atoms with E-state index in [1.54, 1.807) is 12.1 Å². The summed E-state index contributed by atoms with van der Waals surface area (Å²) in [6.07, 6.45) is 8.92. The van der Waals surface area contributed by atoms with Gasteiger partial charge < -0.3 is 25.4 Å². The summed E-state index contributed by atoms with van der Waals surface area (Å²) in [7, 11) is 0. The predicted octanol–water partition coefficient (Wildman–Crippen LogP) is 5.16. The van der Waals surface area contributed by atoms with E-state index in [2.05, 4.69) is 22.0 Å². The van der Waals surface area contributed by atoms with Crippen LogP contribution in [0.4, 0.5) is 10.1 Å². The highest BCUT2D eigenvalue weighted by molar-refractivity contribution is 6.05. The minimum absolute atomic E-state index is 0.132. The highest BCUT2D eigenvalue weighted by Gasteiger charge is 2.23. The highest BCUT2D eigenvalue weighted by atomic mass is 19.1. The lowest BCUT2D eigenvalue weighted by molar-refractivity contribution is -0.638. The molecule has 0 unspecified atom stereocenters. The zero-order valence-corrected chi connectivity index (χ0v) is 22.8. The number of nitrogens with one attached hydrogen (secondary N) is 2. The van der Waals surface area contributed by atoms with Crippen molar-refractivity contribution in [2.24, 2.45) is 0 Å². The predicted molar refractivity (Wildman–Crippen MR) is 155 cm³/mol. The van der Waals surface area contributed by atoms with Crippen LogP contribution < -0.4 is 25.4 Å². The smallest absolute Gasteiger partial charge is 0.255 e. The largest absolute Gasteiger partial charge is 0.488 e. The number of hydrogen-bond acceptors (Lipinski definition) is 4. The maximum atomic E-state index is 13.7. The molecule has 6 rings (SSSR count). The minimum Gasteiger partial charge on any atom is -0.488 e. The third-order valence-corrected chi connectivity index (χ3v) is 8.00. The van der Waals surface area contributed by atoms with Crippen molar-refractivity contribution >= 4 is 17.2 Å². The molecule has 0 saturated carbocycles. The molecule has 2 heterocycles. The Kier molecular flexibility index (Phi) is 8.11. The summed E-state index contributed by atoms with van der Waals surface area (Å²) in [5, 5.41) is 8.68. The summed E-state index contributed by atoms with van der Waals surface area (Å²) in [5.41, 5.74) is 5.18. The van der Waals surface area contributed by atoms with E-state index in [0.717, 1.165) is 86.5 Å². The van der Waals surface area contributed by atoms with Gasteiger partial charge in [0.1, 0.15) is 30.0 Å². The van der Waals surface area contributed by atoms with Crippen LogP contribution in [-0.2, 0) is 0 Å². The van der Waals surface area contributed by atoms with E-state index < -0.39 is 0 Å². The van der Waals surface area contributed by atoms with Crippen LogP contribution in [0.25, 0.3) is 16.7 Å². The van der Waals surface area contributed by atoms with Crippen molar-refractivity contribution in [2.75, 3.05) is 31.5 Å². The molecule has 3 aliphatic rings. The van der Waals surface area contributed by atoms with E-state index in [1.165, 1.54) is 24.1 Å². The Labute approximate surface area is 235 Å².